The quantitative estimate of drug-likeness (QED) is 0.293. The van der Waals surface area contributed by atoms with Crippen molar-refractivity contribution in [2.75, 3.05) is 0 Å². The van der Waals surface area contributed by atoms with Crippen molar-refractivity contribution in [1.82, 2.24) is 14.5 Å². The van der Waals surface area contributed by atoms with E-state index in [1.165, 1.54) is 0 Å². The lowest BCUT2D eigenvalue weighted by atomic mass is 10.0. The van der Waals surface area contributed by atoms with Gasteiger partial charge in [0.05, 0.1) is 28.4 Å². The molecule has 0 unspecified atom stereocenters. The van der Waals surface area contributed by atoms with E-state index in [0.29, 0.717) is 43.8 Å². The van der Waals surface area contributed by atoms with Crippen molar-refractivity contribution in [2.24, 2.45) is 0 Å². The topological polar surface area (TPSA) is 72.3 Å². The van der Waals surface area contributed by atoms with E-state index in [-0.39, 0.29) is 24.1 Å². The first-order chi connectivity index (χ1) is 16.0. The highest BCUT2D eigenvalue weighted by Crippen LogP contribution is 2.28. The van der Waals surface area contributed by atoms with Gasteiger partial charge in [0.25, 0.3) is 11.8 Å². The van der Waals surface area contributed by atoms with E-state index in [1.54, 1.807) is 83.7 Å². The molecule has 1 aliphatic rings. The van der Waals surface area contributed by atoms with Crippen LogP contribution in [-0.2, 0) is 6.54 Å². The third-order valence-electron chi connectivity index (χ3n) is 5.48. The molecule has 0 N–H and O–H groups in total. The van der Waals surface area contributed by atoms with Crippen LogP contribution >= 0.6 is 23.2 Å². The second kappa shape index (κ2) is 8.31. The van der Waals surface area contributed by atoms with E-state index in [9.17, 15) is 14.4 Å². The van der Waals surface area contributed by atoms with Gasteiger partial charge in [0.15, 0.2) is 5.78 Å². The van der Waals surface area contributed by atoms with E-state index < -0.39 is 0 Å². The fourth-order valence-electron chi connectivity index (χ4n) is 3.89. The molecule has 0 aliphatic carbocycles. The van der Waals surface area contributed by atoms with E-state index in [0.717, 1.165) is 4.90 Å². The van der Waals surface area contributed by atoms with Crippen LogP contribution in [0.3, 0.4) is 0 Å². The second-order valence-electron chi connectivity index (χ2n) is 7.43. The van der Waals surface area contributed by atoms with E-state index >= 15 is 0 Å². The summed E-state index contributed by atoms with van der Waals surface area (Å²) in [6.07, 6.45) is 3.21. The molecular formula is C25H15Cl2N3O3. The lowest BCUT2D eigenvalue weighted by Gasteiger charge is -2.17. The van der Waals surface area contributed by atoms with E-state index in [2.05, 4.69) is 4.98 Å². The van der Waals surface area contributed by atoms with Crippen molar-refractivity contribution in [1.29, 1.82) is 0 Å². The molecule has 0 bridgehead atoms. The Morgan fingerprint density at radius 2 is 1.52 bits per heavy atom. The molecule has 162 valence electrons. The Balaban J connectivity index is 1.54. The summed E-state index contributed by atoms with van der Waals surface area (Å²) in [7, 11) is 0. The fourth-order valence-corrected chi connectivity index (χ4v) is 4.28. The van der Waals surface area contributed by atoms with E-state index in [1.807, 2.05) is 0 Å². The summed E-state index contributed by atoms with van der Waals surface area (Å²) < 4.78 is 1.67. The van der Waals surface area contributed by atoms with Crippen LogP contribution in [0.2, 0.25) is 10.0 Å². The average molecular weight is 476 g/mol. The van der Waals surface area contributed by atoms with Gasteiger partial charge in [-0.1, -0.05) is 47.5 Å². The number of fused-ring (bicyclic) bond motifs is 1. The van der Waals surface area contributed by atoms with Crippen LogP contribution in [0.5, 0.6) is 0 Å². The molecule has 33 heavy (non-hydrogen) atoms. The molecule has 6 nitrogen and oxygen atoms in total. The minimum absolute atomic E-state index is 0.0539. The largest absolute Gasteiger partial charge is 0.302 e. The summed E-state index contributed by atoms with van der Waals surface area (Å²) in [6.45, 7) is -0.0539. The van der Waals surface area contributed by atoms with Gasteiger partial charge in [-0.05, 0) is 42.5 Å². The minimum Gasteiger partial charge on any atom is -0.302 e. The number of imide groups is 1. The summed E-state index contributed by atoms with van der Waals surface area (Å²) in [6, 6.07) is 18.4. The van der Waals surface area contributed by atoms with Gasteiger partial charge in [-0.3, -0.25) is 19.3 Å². The summed E-state index contributed by atoms with van der Waals surface area (Å²) >= 11 is 12.5. The molecule has 4 aromatic rings. The molecule has 1 aliphatic heterocycles. The van der Waals surface area contributed by atoms with Crippen LogP contribution in [0.25, 0.3) is 5.69 Å². The number of carbonyl (C=O) groups excluding carboxylic acids is 3. The molecule has 5 rings (SSSR count). The number of nitrogens with zero attached hydrogens (tertiary/aromatic N) is 3. The minimum atomic E-state index is -0.381. The number of hydrogen-bond donors (Lipinski definition) is 0. The summed E-state index contributed by atoms with van der Waals surface area (Å²) in [5.41, 5.74) is 1.89. The molecule has 0 atom stereocenters. The van der Waals surface area contributed by atoms with Gasteiger partial charge in [0, 0.05) is 28.5 Å². The number of hydrogen-bond acceptors (Lipinski definition) is 4. The lowest BCUT2D eigenvalue weighted by molar-refractivity contribution is 0.0637. The molecule has 1 aromatic heterocycles. The molecular weight excluding hydrogens is 461 g/mol. The standard InChI is InChI=1S/C25H15Cl2N3O3/c26-15-9-10-21(19(13-15)23(31)18-7-3-4-8-20(18)27)29-12-11-28-22(29)14-30-24(32)16-5-1-2-6-17(16)25(30)33/h1-13H,14H2. The van der Waals surface area contributed by atoms with Gasteiger partial charge in [-0.2, -0.15) is 0 Å². The number of aromatic nitrogens is 2. The van der Waals surface area contributed by atoms with Crippen molar-refractivity contribution in [3.63, 3.8) is 0 Å². The Labute approximate surface area is 199 Å². The second-order valence-corrected chi connectivity index (χ2v) is 8.27. The molecule has 8 heteroatoms. The molecule has 2 amide bonds. The highest BCUT2D eigenvalue weighted by atomic mass is 35.5. The predicted octanol–water partition coefficient (Wildman–Crippen LogP) is 5.21. The Morgan fingerprint density at radius 3 is 2.21 bits per heavy atom. The molecule has 0 saturated carbocycles. The summed E-state index contributed by atoms with van der Waals surface area (Å²) in [4.78, 5) is 44.5. The zero-order valence-electron chi connectivity index (χ0n) is 17.0. The maximum atomic E-state index is 13.3. The first-order valence-electron chi connectivity index (χ1n) is 10.0. The highest BCUT2D eigenvalue weighted by Gasteiger charge is 2.36. The molecule has 0 fully saturated rings. The zero-order chi connectivity index (χ0) is 23.1. The predicted molar refractivity (Wildman–Crippen MR) is 124 cm³/mol. The number of carbonyl (C=O) groups is 3. The van der Waals surface area contributed by atoms with E-state index in [4.69, 9.17) is 23.2 Å². The van der Waals surface area contributed by atoms with Crippen LogP contribution in [0.15, 0.2) is 79.1 Å². The van der Waals surface area contributed by atoms with Crippen LogP contribution in [0.1, 0.15) is 42.5 Å². The Hall–Kier alpha value is -3.74. The van der Waals surface area contributed by atoms with Gasteiger partial charge in [-0.25, -0.2) is 4.98 Å². The van der Waals surface area contributed by atoms with Gasteiger partial charge < -0.3 is 4.57 Å². The fraction of sp³-hybridized carbons (Fsp3) is 0.0400. The van der Waals surface area contributed by atoms with Crippen molar-refractivity contribution in [3.8, 4) is 5.69 Å². The number of rotatable bonds is 5. The highest BCUT2D eigenvalue weighted by molar-refractivity contribution is 6.35. The monoisotopic (exact) mass is 475 g/mol. The Morgan fingerprint density at radius 1 is 0.848 bits per heavy atom. The van der Waals surface area contributed by atoms with Crippen LogP contribution in [0, 0.1) is 0 Å². The molecule has 2 heterocycles. The summed E-state index contributed by atoms with van der Waals surface area (Å²) in [5, 5.41) is 0.710. The maximum Gasteiger partial charge on any atom is 0.261 e. The van der Waals surface area contributed by atoms with Crippen molar-refractivity contribution >= 4 is 40.8 Å². The Bertz CT molecular complexity index is 1410. The number of imidazole rings is 1. The smallest absolute Gasteiger partial charge is 0.261 e. The normalized spacial score (nSPS) is 12.8. The molecule has 0 radical (unpaired) electrons. The van der Waals surface area contributed by atoms with Crippen molar-refractivity contribution in [2.45, 2.75) is 6.54 Å². The first kappa shape index (κ1) is 21.1. The Kier molecular flexibility index (Phi) is 5.32. The molecule has 0 spiro atoms. The molecule has 0 saturated heterocycles. The van der Waals surface area contributed by atoms with Crippen LogP contribution in [-0.4, -0.2) is 32.0 Å². The SMILES string of the molecule is O=C(c1ccccc1Cl)c1cc(Cl)ccc1-n1ccnc1CN1C(=O)c2ccccc2C1=O. The van der Waals surface area contributed by atoms with Gasteiger partial charge in [0.1, 0.15) is 5.82 Å². The molecule has 3 aromatic carbocycles. The third-order valence-corrected chi connectivity index (χ3v) is 6.04. The number of ketones is 1. The van der Waals surface area contributed by atoms with Gasteiger partial charge >= 0.3 is 0 Å². The third kappa shape index (κ3) is 3.63. The van der Waals surface area contributed by atoms with Crippen LogP contribution in [0.4, 0.5) is 0 Å². The number of amides is 2. The maximum absolute atomic E-state index is 13.3. The lowest BCUT2D eigenvalue weighted by Crippen LogP contribution is -2.30. The zero-order valence-corrected chi connectivity index (χ0v) is 18.5. The van der Waals surface area contributed by atoms with Crippen LogP contribution < -0.4 is 0 Å². The van der Waals surface area contributed by atoms with Crippen molar-refractivity contribution in [3.05, 3.63) is 117 Å². The first-order valence-corrected chi connectivity index (χ1v) is 10.8. The average Bonchev–Trinajstić information content (AvgIpc) is 3.38. The van der Waals surface area contributed by atoms with Gasteiger partial charge in [-0.15, -0.1) is 0 Å². The number of benzene rings is 3. The van der Waals surface area contributed by atoms with Crippen molar-refractivity contribution < 1.29 is 14.4 Å². The summed E-state index contributed by atoms with van der Waals surface area (Å²) in [5.74, 6) is -0.652. The van der Waals surface area contributed by atoms with Gasteiger partial charge in [0.2, 0.25) is 0 Å². The number of halogens is 2.